The van der Waals surface area contributed by atoms with Crippen LogP contribution < -0.4 is 4.74 Å². The van der Waals surface area contributed by atoms with Crippen LogP contribution in [0.15, 0.2) is 36.6 Å². The van der Waals surface area contributed by atoms with Crippen molar-refractivity contribution in [2.24, 2.45) is 0 Å². The fourth-order valence-electron chi connectivity index (χ4n) is 2.02. The van der Waals surface area contributed by atoms with Gasteiger partial charge in [-0.3, -0.25) is 0 Å². The first-order chi connectivity index (χ1) is 7.76. The van der Waals surface area contributed by atoms with Crippen molar-refractivity contribution in [3.05, 3.63) is 47.7 Å². The Morgan fingerprint density at radius 2 is 2.12 bits per heavy atom. The summed E-state index contributed by atoms with van der Waals surface area (Å²) in [6.07, 6.45) is 4.26. The van der Waals surface area contributed by atoms with E-state index in [1.807, 2.05) is 6.07 Å². The number of rotatable bonds is 3. The average Bonchev–Trinajstić information content (AvgIpc) is 2.36. The lowest BCUT2D eigenvalue weighted by molar-refractivity contribution is 0.312. The van der Waals surface area contributed by atoms with Crippen molar-refractivity contribution in [1.29, 1.82) is 0 Å². The molecule has 0 amide bonds. The second kappa shape index (κ2) is 4.44. The van der Waals surface area contributed by atoms with Gasteiger partial charge in [-0.25, -0.2) is 0 Å². The summed E-state index contributed by atoms with van der Waals surface area (Å²) in [5.41, 5.74) is 3.61. The quantitative estimate of drug-likeness (QED) is 0.722. The molecule has 0 fully saturated rings. The van der Waals surface area contributed by atoms with Crippen LogP contribution in [0.3, 0.4) is 0 Å². The van der Waals surface area contributed by atoms with E-state index in [1.54, 1.807) is 14.2 Å². The van der Waals surface area contributed by atoms with E-state index >= 15 is 0 Å². The van der Waals surface area contributed by atoms with E-state index in [9.17, 15) is 0 Å². The molecule has 0 aliphatic heterocycles. The van der Waals surface area contributed by atoms with Crippen LogP contribution in [0.2, 0.25) is 0 Å². The summed E-state index contributed by atoms with van der Waals surface area (Å²) in [6, 6.07) is 6.13. The molecule has 0 spiro atoms. The van der Waals surface area contributed by atoms with Gasteiger partial charge in [-0.15, -0.1) is 0 Å². The van der Waals surface area contributed by atoms with Crippen molar-refractivity contribution in [2.45, 2.75) is 12.8 Å². The van der Waals surface area contributed by atoms with Crippen LogP contribution in [0.25, 0.3) is 5.57 Å². The molecule has 0 N–H and O–H groups in total. The Bertz CT molecular complexity index is 444. The molecule has 2 nitrogen and oxygen atoms in total. The second-order valence-electron chi connectivity index (χ2n) is 3.81. The van der Waals surface area contributed by atoms with Gasteiger partial charge in [0.1, 0.15) is 11.5 Å². The topological polar surface area (TPSA) is 18.5 Å². The summed E-state index contributed by atoms with van der Waals surface area (Å²) >= 11 is 0. The molecule has 2 rings (SSSR count). The highest BCUT2D eigenvalue weighted by atomic mass is 16.5. The van der Waals surface area contributed by atoms with Crippen molar-refractivity contribution in [3.8, 4) is 5.75 Å². The standard InChI is InChI=1S/C14H16O2/c1-10(15-2)13-6-4-5-11-9-12(16-3)7-8-14(11)13/h6-9H,1,4-5H2,2-3H3. The van der Waals surface area contributed by atoms with Crippen LogP contribution in [0.4, 0.5) is 0 Å². The number of hydrogen-bond acceptors (Lipinski definition) is 2. The Morgan fingerprint density at radius 1 is 1.31 bits per heavy atom. The normalized spacial score (nSPS) is 13.8. The molecule has 1 aliphatic carbocycles. The zero-order valence-electron chi connectivity index (χ0n) is 9.75. The Morgan fingerprint density at radius 3 is 2.81 bits per heavy atom. The first kappa shape index (κ1) is 10.8. The van der Waals surface area contributed by atoms with E-state index in [1.165, 1.54) is 11.1 Å². The minimum absolute atomic E-state index is 0.728. The number of aryl methyl sites for hydroxylation is 1. The predicted octanol–water partition coefficient (Wildman–Crippen LogP) is 3.18. The van der Waals surface area contributed by atoms with Gasteiger partial charge in [0, 0.05) is 5.57 Å². The van der Waals surface area contributed by atoms with Crippen LogP contribution in [-0.4, -0.2) is 14.2 Å². The van der Waals surface area contributed by atoms with Gasteiger partial charge in [-0.05, 0) is 36.1 Å². The average molecular weight is 216 g/mol. The van der Waals surface area contributed by atoms with Gasteiger partial charge >= 0.3 is 0 Å². The highest BCUT2D eigenvalue weighted by Crippen LogP contribution is 2.33. The van der Waals surface area contributed by atoms with Crippen LogP contribution in [-0.2, 0) is 11.2 Å². The molecule has 1 aliphatic rings. The Balaban J connectivity index is 2.43. The Hall–Kier alpha value is -1.70. The molecule has 0 unspecified atom stereocenters. The van der Waals surface area contributed by atoms with Crippen LogP contribution in [0.1, 0.15) is 17.5 Å². The Labute approximate surface area is 96.2 Å². The van der Waals surface area contributed by atoms with Gasteiger partial charge in [-0.1, -0.05) is 18.7 Å². The van der Waals surface area contributed by atoms with Gasteiger partial charge in [-0.2, -0.15) is 0 Å². The summed E-state index contributed by atoms with van der Waals surface area (Å²) in [7, 11) is 3.34. The molecule has 0 saturated heterocycles. The van der Waals surface area contributed by atoms with Gasteiger partial charge in [0.2, 0.25) is 0 Å². The summed E-state index contributed by atoms with van der Waals surface area (Å²) < 4.78 is 10.4. The third-order valence-electron chi connectivity index (χ3n) is 2.91. The zero-order valence-corrected chi connectivity index (χ0v) is 9.75. The van der Waals surface area contributed by atoms with Crippen molar-refractivity contribution in [3.63, 3.8) is 0 Å². The van der Waals surface area contributed by atoms with E-state index in [2.05, 4.69) is 24.8 Å². The summed E-state index contributed by atoms with van der Waals surface area (Å²) in [5.74, 6) is 1.63. The van der Waals surface area contributed by atoms with E-state index in [4.69, 9.17) is 9.47 Å². The maximum atomic E-state index is 5.23. The maximum absolute atomic E-state index is 5.23. The molecule has 0 bridgehead atoms. The minimum atomic E-state index is 0.728. The molecule has 84 valence electrons. The molecular weight excluding hydrogens is 200 g/mol. The zero-order chi connectivity index (χ0) is 11.5. The molecule has 2 heteroatoms. The van der Waals surface area contributed by atoms with Gasteiger partial charge < -0.3 is 9.47 Å². The fraction of sp³-hybridized carbons (Fsp3) is 0.286. The van der Waals surface area contributed by atoms with Crippen molar-refractivity contribution >= 4 is 5.57 Å². The van der Waals surface area contributed by atoms with E-state index < -0.39 is 0 Å². The monoisotopic (exact) mass is 216 g/mol. The highest BCUT2D eigenvalue weighted by molar-refractivity contribution is 5.80. The predicted molar refractivity (Wildman–Crippen MR) is 65.4 cm³/mol. The number of fused-ring (bicyclic) bond motifs is 1. The molecule has 0 saturated carbocycles. The summed E-state index contributed by atoms with van der Waals surface area (Å²) in [5, 5.41) is 0. The molecular formula is C14H16O2. The maximum Gasteiger partial charge on any atom is 0.119 e. The highest BCUT2D eigenvalue weighted by Gasteiger charge is 2.15. The lowest BCUT2D eigenvalue weighted by atomic mass is 9.90. The molecule has 0 atom stereocenters. The molecule has 1 aromatic rings. The third-order valence-corrected chi connectivity index (χ3v) is 2.91. The summed E-state index contributed by atoms with van der Waals surface area (Å²) in [4.78, 5) is 0. The SMILES string of the molecule is C=C(OC)C1=CCCc2cc(OC)ccc21. The van der Waals surface area contributed by atoms with Gasteiger partial charge in [0.05, 0.1) is 14.2 Å². The smallest absolute Gasteiger partial charge is 0.119 e. The molecule has 1 aromatic carbocycles. The first-order valence-electron chi connectivity index (χ1n) is 5.37. The molecule has 0 radical (unpaired) electrons. The number of benzene rings is 1. The van der Waals surface area contributed by atoms with Crippen LogP contribution in [0.5, 0.6) is 5.75 Å². The molecule has 0 aromatic heterocycles. The van der Waals surface area contributed by atoms with Crippen LogP contribution >= 0.6 is 0 Å². The molecule has 16 heavy (non-hydrogen) atoms. The van der Waals surface area contributed by atoms with Gasteiger partial charge in [0.15, 0.2) is 0 Å². The summed E-state index contributed by atoms with van der Waals surface area (Å²) in [6.45, 7) is 3.92. The van der Waals surface area contributed by atoms with Crippen LogP contribution in [0, 0.1) is 0 Å². The minimum Gasteiger partial charge on any atom is -0.497 e. The van der Waals surface area contributed by atoms with Crippen molar-refractivity contribution in [1.82, 2.24) is 0 Å². The number of hydrogen-bond donors (Lipinski definition) is 0. The van der Waals surface area contributed by atoms with Gasteiger partial charge in [0.25, 0.3) is 0 Å². The van der Waals surface area contributed by atoms with Crippen molar-refractivity contribution in [2.75, 3.05) is 14.2 Å². The lowest BCUT2D eigenvalue weighted by Gasteiger charge is -2.19. The second-order valence-corrected chi connectivity index (χ2v) is 3.81. The van der Waals surface area contributed by atoms with E-state index in [0.717, 1.165) is 29.9 Å². The number of ether oxygens (including phenoxy) is 2. The van der Waals surface area contributed by atoms with E-state index in [0.29, 0.717) is 0 Å². The molecule has 0 heterocycles. The Kier molecular flexibility index (Phi) is 3.00. The number of allylic oxidation sites excluding steroid dienone is 2. The van der Waals surface area contributed by atoms with Crippen molar-refractivity contribution < 1.29 is 9.47 Å². The van der Waals surface area contributed by atoms with E-state index in [-0.39, 0.29) is 0 Å². The lowest BCUT2D eigenvalue weighted by Crippen LogP contribution is -2.02. The number of methoxy groups -OCH3 is 2. The third kappa shape index (κ3) is 1.83. The first-order valence-corrected chi connectivity index (χ1v) is 5.37. The fourth-order valence-corrected chi connectivity index (χ4v) is 2.02. The largest absolute Gasteiger partial charge is 0.497 e.